The van der Waals surface area contributed by atoms with Crippen LogP contribution < -0.4 is 0 Å². The lowest BCUT2D eigenvalue weighted by atomic mass is 9.75. The lowest BCUT2D eigenvalue weighted by Crippen LogP contribution is -2.21. The first kappa shape index (κ1) is 15.6. The van der Waals surface area contributed by atoms with E-state index >= 15 is 0 Å². The Hall–Kier alpha value is -0.490. The van der Waals surface area contributed by atoms with Gasteiger partial charge in [0.15, 0.2) is 0 Å². The number of rotatable bonds is 8. The number of benzene rings is 1. The van der Waals surface area contributed by atoms with Crippen LogP contribution in [0, 0.1) is 0 Å². The second-order valence-corrected chi connectivity index (χ2v) is 6.06. The topological polar surface area (TPSA) is 0 Å². The molecule has 0 saturated heterocycles. The molecule has 102 valence electrons. The fraction of sp³-hybridized carbons (Fsp3) is 0.647. The molecule has 0 aliphatic carbocycles. The molecule has 0 fully saturated rings. The third-order valence-corrected chi connectivity index (χ3v) is 4.18. The minimum atomic E-state index is 0.326. The summed E-state index contributed by atoms with van der Waals surface area (Å²) in [5.41, 5.74) is 1.78. The highest BCUT2D eigenvalue weighted by molar-refractivity contribution is 6.30. The number of hydrogen-bond donors (Lipinski definition) is 0. The summed E-state index contributed by atoms with van der Waals surface area (Å²) in [6.07, 6.45) is 9.18. The number of halogens is 1. The smallest absolute Gasteiger partial charge is 0.0406 e. The van der Waals surface area contributed by atoms with Crippen LogP contribution in [0.1, 0.15) is 71.3 Å². The molecule has 1 aromatic carbocycles. The molecule has 0 nitrogen and oxygen atoms in total. The van der Waals surface area contributed by atoms with Crippen molar-refractivity contribution < 1.29 is 0 Å². The van der Waals surface area contributed by atoms with Gasteiger partial charge in [0.05, 0.1) is 0 Å². The molecular formula is C17H27Cl. The maximum atomic E-state index is 5.98. The van der Waals surface area contributed by atoms with E-state index in [4.69, 9.17) is 11.6 Å². The van der Waals surface area contributed by atoms with Gasteiger partial charge in [-0.3, -0.25) is 0 Å². The summed E-state index contributed by atoms with van der Waals surface area (Å²) in [7, 11) is 0. The SMILES string of the molecule is CCCCCCC(C)(CCC)c1ccc(Cl)cc1. The van der Waals surface area contributed by atoms with E-state index in [1.165, 1.54) is 50.5 Å². The molecule has 0 N–H and O–H groups in total. The van der Waals surface area contributed by atoms with Crippen LogP contribution in [-0.2, 0) is 5.41 Å². The van der Waals surface area contributed by atoms with Gasteiger partial charge in [0, 0.05) is 5.02 Å². The van der Waals surface area contributed by atoms with Crippen LogP contribution in [0.3, 0.4) is 0 Å². The standard InChI is InChI=1S/C17H27Cl/c1-4-6-7-8-14-17(3,13-5-2)15-9-11-16(18)12-10-15/h9-12H,4-8,13-14H2,1-3H3. The van der Waals surface area contributed by atoms with Gasteiger partial charge in [0.1, 0.15) is 0 Å². The van der Waals surface area contributed by atoms with Crippen molar-refractivity contribution in [2.24, 2.45) is 0 Å². The molecule has 1 unspecified atom stereocenters. The fourth-order valence-corrected chi connectivity index (χ4v) is 2.89. The zero-order chi connectivity index (χ0) is 13.4. The van der Waals surface area contributed by atoms with Crippen molar-refractivity contribution in [3.05, 3.63) is 34.9 Å². The van der Waals surface area contributed by atoms with Crippen LogP contribution in [0.4, 0.5) is 0 Å². The van der Waals surface area contributed by atoms with Crippen LogP contribution in [0.5, 0.6) is 0 Å². The van der Waals surface area contributed by atoms with Gasteiger partial charge in [-0.25, -0.2) is 0 Å². The minimum absolute atomic E-state index is 0.326. The molecule has 0 aromatic heterocycles. The Bertz CT molecular complexity index is 328. The molecule has 1 rings (SSSR count). The summed E-state index contributed by atoms with van der Waals surface area (Å²) in [5, 5.41) is 0.837. The molecule has 0 saturated carbocycles. The van der Waals surface area contributed by atoms with E-state index < -0.39 is 0 Å². The first-order chi connectivity index (χ1) is 8.62. The summed E-state index contributed by atoms with van der Waals surface area (Å²) in [6, 6.07) is 8.46. The molecule has 1 aromatic rings. The van der Waals surface area contributed by atoms with E-state index in [0.29, 0.717) is 5.41 Å². The van der Waals surface area contributed by atoms with E-state index in [1.54, 1.807) is 0 Å². The first-order valence-electron chi connectivity index (χ1n) is 7.38. The van der Waals surface area contributed by atoms with Gasteiger partial charge in [-0.2, -0.15) is 0 Å². The molecule has 0 spiro atoms. The maximum Gasteiger partial charge on any atom is 0.0406 e. The van der Waals surface area contributed by atoms with E-state index in [1.807, 2.05) is 12.1 Å². The van der Waals surface area contributed by atoms with E-state index in [0.717, 1.165) is 5.02 Å². The van der Waals surface area contributed by atoms with Crippen molar-refractivity contribution in [1.29, 1.82) is 0 Å². The lowest BCUT2D eigenvalue weighted by Gasteiger charge is -2.30. The Balaban J connectivity index is 2.69. The van der Waals surface area contributed by atoms with Crippen molar-refractivity contribution in [2.75, 3.05) is 0 Å². The summed E-state index contributed by atoms with van der Waals surface area (Å²) < 4.78 is 0. The molecular weight excluding hydrogens is 240 g/mol. The van der Waals surface area contributed by atoms with Crippen molar-refractivity contribution in [1.82, 2.24) is 0 Å². The van der Waals surface area contributed by atoms with Gasteiger partial charge in [0.25, 0.3) is 0 Å². The summed E-state index contributed by atoms with van der Waals surface area (Å²) in [5.74, 6) is 0. The van der Waals surface area contributed by atoms with Crippen LogP contribution >= 0.6 is 11.6 Å². The highest BCUT2D eigenvalue weighted by Gasteiger charge is 2.24. The Morgan fingerprint density at radius 2 is 1.56 bits per heavy atom. The monoisotopic (exact) mass is 266 g/mol. The number of unbranched alkanes of at least 4 members (excludes halogenated alkanes) is 3. The molecule has 1 heteroatoms. The van der Waals surface area contributed by atoms with Gasteiger partial charge in [-0.05, 0) is 36.0 Å². The van der Waals surface area contributed by atoms with Gasteiger partial charge in [-0.15, -0.1) is 0 Å². The van der Waals surface area contributed by atoms with Crippen LogP contribution in [0.25, 0.3) is 0 Å². The molecule has 0 bridgehead atoms. The van der Waals surface area contributed by atoms with E-state index in [-0.39, 0.29) is 0 Å². The predicted molar refractivity (Wildman–Crippen MR) is 82.5 cm³/mol. The molecule has 1 atom stereocenters. The number of hydrogen-bond acceptors (Lipinski definition) is 0. The van der Waals surface area contributed by atoms with Crippen molar-refractivity contribution >= 4 is 11.6 Å². The van der Waals surface area contributed by atoms with E-state index in [9.17, 15) is 0 Å². The zero-order valence-electron chi connectivity index (χ0n) is 12.1. The Morgan fingerprint density at radius 1 is 0.889 bits per heavy atom. The largest absolute Gasteiger partial charge is 0.0843 e. The van der Waals surface area contributed by atoms with Gasteiger partial charge in [0.2, 0.25) is 0 Å². The lowest BCUT2D eigenvalue weighted by molar-refractivity contribution is 0.377. The Kier molecular flexibility index (Phi) is 6.78. The third-order valence-electron chi connectivity index (χ3n) is 3.93. The molecule has 0 aliphatic rings. The summed E-state index contributed by atoms with van der Waals surface area (Å²) >= 11 is 5.98. The van der Waals surface area contributed by atoms with Gasteiger partial charge < -0.3 is 0 Å². The second kappa shape index (κ2) is 7.84. The Morgan fingerprint density at radius 3 is 2.11 bits per heavy atom. The zero-order valence-corrected chi connectivity index (χ0v) is 12.9. The van der Waals surface area contributed by atoms with Crippen LogP contribution in [-0.4, -0.2) is 0 Å². The van der Waals surface area contributed by atoms with Crippen LogP contribution in [0.2, 0.25) is 5.02 Å². The first-order valence-corrected chi connectivity index (χ1v) is 7.76. The molecule has 18 heavy (non-hydrogen) atoms. The summed E-state index contributed by atoms with van der Waals surface area (Å²) in [4.78, 5) is 0. The maximum absolute atomic E-state index is 5.98. The average Bonchev–Trinajstić information content (AvgIpc) is 2.36. The average molecular weight is 267 g/mol. The van der Waals surface area contributed by atoms with Crippen molar-refractivity contribution in [3.63, 3.8) is 0 Å². The van der Waals surface area contributed by atoms with Crippen molar-refractivity contribution in [3.8, 4) is 0 Å². The fourth-order valence-electron chi connectivity index (χ4n) is 2.76. The highest BCUT2D eigenvalue weighted by atomic mass is 35.5. The van der Waals surface area contributed by atoms with Crippen molar-refractivity contribution in [2.45, 2.75) is 71.1 Å². The third kappa shape index (κ3) is 4.65. The molecule has 0 radical (unpaired) electrons. The molecule has 0 aliphatic heterocycles. The van der Waals surface area contributed by atoms with E-state index in [2.05, 4.69) is 32.9 Å². The van der Waals surface area contributed by atoms with Crippen LogP contribution in [0.15, 0.2) is 24.3 Å². The summed E-state index contributed by atoms with van der Waals surface area (Å²) in [6.45, 7) is 6.95. The minimum Gasteiger partial charge on any atom is -0.0843 e. The van der Waals surface area contributed by atoms with Gasteiger partial charge >= 0.3 is 0 Å². The second-order valence-electron chi connectivity index (χ2n) is 5.63. The normalized spacial score (nSPS) is 14.4. The quantitative estimate of drug-likeness (QED) is 0.480. The van der Waals surface area contributed by atoms with Gasteiger partial charge in [-0.1, -0.05) is 76.6 Å². The predicted octanol–water partition coefficient (Wildman–Crippen LogP) is 6.37. The highest BCUT2D eigenvalue weighted by Crippen LogP contribution is 2.35. The Labute approximate surface area is 118 Å². The molecule has 0 heterocycles. The molecule has 0 amide bonds.